The molecule has 3 nitrogen and oxygen atoms in total. The van der Waals surface area contributed by atoms with E-state index in [1.165, 1.54) is 4.70 Å². The minimum Gasteiger partial charge on any atom is -0.396 e. The number of benzene rings is 1. The fourth-order valence-corrected chi connectivity index (χ4v) is 2.64. The molecule has 0 aliphatic rings. The number of hydrogen-bond donors (Lipinski definition) is 2. The molecule has 98 valence electrons. The summed E-state index contributed by atoms with van der Waals surface area (Å²) in [7, 11) is 0. The summed E-state index contributed by atoms with van der Waals surface area (Å²) in [6.07, 6.45) is 0. The number of thiazole rings is 1. The highest BCUT2D eigenvalue weighted by molar-refractivity contribution is 7.18. The Hall–Kier alpha value is -0.970. The van der Waals surface area contributed by atoms with Crippen molar-refractivity contribution < 1.29 is 5.11 Å². The van der Waals surface area contributed by atoms with E-state index < -0.39 is 0 Å². The van der Waals surface area contributed by atoms with Crippen LogP contribution < -0.4 is 5.32 Å². The summed E-state index contributed by atoms with van der Waals surface area (Å²) in [4.78, 5) is 4.63. The third kappa shape index (κ3) is 3.07. The van der Waals surface area contributed by atoms with E-state index in [1.807, 2.05) is 32.0 Å². The number of rotatable bonds is 5. The highest BCUT2D eigenvalue weighted by Crippen LogP contribution is 2.26. The lowest BCUT2D eigenvalue weighted by Crippen LogP contribution is -2.33. The van der Waals surface area contributed by atoms with Gasteiger partial charge in [0.05, 0.1) is 16.3 Å². The third-order valence-corrected chi connectivity index (χ3v) is 4.21. The van der Waals surface area contributed by atoms with E-state index in [0.29, 0.717) is 0 Å². The van der Waals surface area contributed by atoms with Gasteiger partial charge in [-0.2, -0.15) is 0 Å². The molecule has 1 heterocycles. The minimum absolute atomic E-state index is 0.0923. The zero-order valence-electron chi connectivity index (χ0n) is 11.1. The predicted octanol–water partition coefficient (Wildman–Crippen LogP) is 2.97. The second-order valence-electron chi connectivity index (χ2n) is 5.44. The van der Waals surface area contributed by atoms with E-state index in [-0.39, 0.29) is 18.1 Å². The van der Waals surface area contributed by atoms with E-state index in [1.54, 1.807) is 11.3 Å². The quantitative estimate of drug-likeness (QED) is 0.872. The number of para-hydroxylation sites is 1. The van der Waals surface area contributed by atoms with Gasteiger partial charge in [-0.1, -0.05) is 26.0 Å². The third-order valence-electron chi connectivity index (χ3n) is 3.00. The number of aliphatic hydroxyl groups is 1. The van der Waals surface area contributed by atoms with Crippen LogP contribution in [-0.2, 0) is 0 Å². The summed E-state index contributed by atoms with van der Waals surface area (Å²) in [6, 6.07) is 8.41. The van der Waals surface area contributed by atoms with Gasteiger partial charge in [-0.05, 0) is 19.1 Å². The summed E-state index contributed by atoms with van der Waals surface area (Å²) < 4.78 is 1.22. The fourth-order valence-electron chi connectivity index (χ4n) is 1.65. The van der Waals surface area contributed by atoms with Gasteiger partial charge in [0, 0.05) is 18.6 Å². The van der Waals surface area contributed by atoms with Gasteiger partial charge in [-0.3, -0.25) is 0 Å². The number of fused-ring (bicyclic) bond motifs is 1. The molecule has 0 spiro atoms. The minimum atomic E-state index is -0.0923. The largest absolute Gasteiger partial charge is 0.396 e. The Kier molecular flexibility index (Phi) is 4.00. The number of aromatic nitrogens is 1. The molecule has 0 amide bonds. The van der Waals surface area contributed by atoms with E-state index in [0.717, 1.165) is 17.1 Å². The molecule has 0 fully saturated rings. The van der Waals surface area contributed by atoms with Crippen LogP contribution >= 0.6 is 11.3 Å². The zero-order valence-corrected chi connectivity index (χ0v) is 11.9. The van der Waals surface area contributed by atoms with Crippen molar-refractivity contribution in [3.8, 4) is 0 Å². The second kappa shape index (κ2) is 5.34. The van der Waals surface area contributed by atoms with E-state index in [9.17, 15) is 5.11 Å². The molecular weight excluding hydrogens is 244 g/mol. The van der Waals surface area contributed by atoms with Crippen molar-refractivity contribution >= 4 is 21.6 Å². The smallest absolute Gasteiger partial charge is 0.111 e. The Morgan fingerprint density at radius 1 is 1.39 bits per heavy atom. The van der Waals surface area contributed by atoms with Crippen molar-refractivity contribution in [1.29, 1.82) is 0 Å². The molecule has 0 radical (unpaired) electrons. The van der Waals surface area contributed by atoms with Crippen molar-refractivity contribution in [2.24, 2.45) is 5.41 Å². The topological polar surface area (TPSA) is 45.1 Å². The van der Waals surface area contributed by atoms with Crippen LogP contribution in [0.15, 0.2) is 24.3 Å². The van der Waals surface area contributed by atoms with Crippen LogP contribution in [0.5, 0.6) is 0 Å². The lowest BCUT2D eigenvalue weighted by atomic mass is 9.95. The summed E-state index contributed by atoms with van der Waals surface area (Å²) in [5, 5.41) is 13.8. The first-order valence-corrected chi connectivity index (χ1v) is 7.03. The Labute approximate surface area is 112 Å². The molecule has 0 aliphatic carbocycles. The molecule has 1 aromatic carbocycles. The van der Waals surface area contributed by atoms with Gasteiger partial charge in [0.1, 0.15) is 5.01 Å². The number of aliphatic hydroxyl groups excluding tert-OH is 1. The van der Waals surface area contributed by atoms with Crippen LogP contribution in [-0.4, -0.2) is 23.2 Å². The molecule has 18 heavy (non-hydrogen) atoms. The molecule has 2 rings (SSSR count). The highest BCUT2D eigenvalue weighted by atomic mass is 32.1. The molecule has 2 aromatic rings. The molecule has 0 saturated carbocycles. The maximum atomic E-state index is 9.24. The van der Waals surface area contributed by atoms with E-state index in [4.69, 9.17) is 0 Å². The zero-order chi connectivity index (χ0) is 13.2. The molecule has 2 N–H and O–H groups in total. The van der Waals surface area contributed by atoms with E-state index >= 15 is 0 Å². The van der Waals surface area contributed by atoms with E-state index in [2.05, 4.69) is 23.3 Å². The lowest BCUT2D eigenvalue weighted by molar-refractivity contribution is 0.154. The summed E-state index contributed by atoms with van der Waals surface area (Å²) in [5.74, 6) is 0. The molecule has 4 heteroatoms. The number of hydrogen-bond acceptors (Lipinski definition) is 4. The number of nitrogens with one attached hydrogen (secondary N) is 1. The fraction of sp³-hybridized carbons (Fsp3) is 0.500. The van der Waals surface area contributed by atoms with Gasteiger partial charge >= 0.3 is 0 Å². The average Bonchev–Trinajstić information content (AvgIpc) is 2.80. The maximum Gasteiger partial charge on any atom is 0.111 e. The van der Waals surface area contributed by atoms with Crippen molar-refractivity contribution in [2.45, 2.75) is 26.8 Å². The molecule has 1 aromatic heterocycles. The van der Waals surface area contributed by atoms with Crippen molar-refractivity contribution in [1.82, 2.24) is 10.3 Å². The Balaban J connectivity index is 2.07. The van der Waals surface area contributed by atoms with Crippen LogP contribution in [0, 0.1) is 5.41 Å². The first-order chi connectivity index (χ1) is 8.52. The van der Waals surface area contributed by atoms with Crippen LogP contribution in [0.1, 0.15) is 31.8 Å². The lowest BCUT2D eigenvalue weighted by Gasteiger charge is -2.24. The number of nitrogens with zero attached hydrogens (tertiary/aromatic N) is 1. The van der Waals surface area contributed by atoms with Crippen LogP contribution in [0.3, 0.4) is 0 Å². The Morgan fingerprint density at radius 3 is 2.78 bits per heavy atom. The monoisotopic (exact) mass is 264 g/mol. The van der Waals surface area contributed by atoms with Crippen molar-refractivity contribution in [3.63, 3.8) is 0 Å². The maximum absolute atomic E-state index is 9.24. The Bertz CT molecular complexity index is 488. The van der Waals surface area contributed by atoms with Crippen LogP contribution in [0.4, 0.5) is 0 Å². The van der Waals surface area contributed by atoms with Gasteiger partial charge < -0.3 is 10.4 Å². The van der Waals surface area contributed by atoms with Gasteiger partial charge in [0.15, 0.2) is 0 Å². The van der Waals surface area contributed by atoms with Gasteiger partial charge in [0.25, 0.3) is 0 Å². The summed E-state index contributed by atoms with van der Waals surface area (Å²) in [6.45, 7) is 7.18. The van der Waals surface area contributed by atoms with Gasteiger partial charge in [-0.15, -0.1) is 11.3 Å². The summed E-state index contributed by atoms with van der Waals surface area (Å²) in [5.41, 5.74) is 0.970. The van der Waals surface area contributed by atoms with Crippen molar-refractivity contribution in [3.05, 3.63) is 29.3 Å². The normalized spacial score (nSPS) is 14.0. The first kappa shape index (κ1) is 13.5. The highest BCUT2D eigenvalue weighted by Gasteiger charge is 2.19. The van der Waals surface area contributed by atoms with Crippen molar-refractivity contribution in [2.75, 3.05) is 13.2 Å². The molecule has 1 atom stereocenters. The Morgan fingerprint density at radius 2 is 2.11 bits per heavy atom. The molecule has 0 saturated heterocycles. The average molecular weight is 264 g/mol. The second-order valence-corrected chi connectivity index (χ2v) is 6.51. The molecular formula is C14H20N2OS. The first-order valence-electron chi connectivity index (χ1n) is 6.21. The van der Waals surface area contributed by atoms with Crippen LogP contribution in [0.2, 0.25) is 0 Å². The van der Waals surface area contributed by atoms with Gasteiger partial charge in [-0.25, -0.2) is 4.98 Å². The predicted molar refractivity (Wildman–Crippen MR) is 76.9 cm³/mol. The summed E-state index contributed by atoms with van der Waals surface area (Å²) >= 11 is 1.73. The molecule has 0 aliphatic heterocycles. The van der Waals surface area contributed by atoms with Gasteiger partial charge in [0.2, 0.25) is 0 Å². The van der Waals surface area contributed by atoms with Crippen LogP contribution in [0.25, 0.3) is 10.2 Å². The molecule has 1 unspecified atom stereocenters. The molecule has 0 bridgehead atoms. The SMILES string of the molecule is CC(NCC(C)(C)CO)c1nc2ccccc2s1. The standard InChI is InChI=1S/C14H20N2OS/c1-10(15-8-14(2,3)9-17)13-16-11-6-4-5-7-12(11)18-13/h4-7,10,15,17H,8-9H2,1-3H3.